The van der Waals surface area contributed by atoms with Crippen molar-refractivity contribution in [3.63, 3.8) is 0 Å². The Hall–Kier alpha value is -2.79. The fourth-order valence-corrected chi connectivity index (χ4v) is 4.61. The molecule has 0 aliphatic carbocycles. The van der Waals surface area contributed by atoms with Gasteiger partial charge in [0.1, 0.15) is 5.58 Å². The number of halogens is 1. The second kappa shape index (κ2) is 8.15. The van der Waals surface area contributed by atoms with Crippen LogP contribution in [-0.4, -0.2) is 34.5 Å². The molecule has 0 saturated carbocycles. The Balaban J connectivity index is 1.70. The number of likely N-dealkylation sites (tertiary alicyclic amines) is 1. The second-order valence-electron chi connectivity index (χ2n) is 7.84. The number of carboxylic acids is 1. The number of amides is 1. The van der Waals surface area contributed by atoms with Gasteiger partial charge in [-0.3, -0.25) is 9.59 Å². The summed E-state index contributed by atoms with van der Waals surface area (Å²) in [5.41, 5.74) is 3.41. The van der Waals surface area contributed by atoms with Gasteiger partial charge in [-0.2, -0.15) is 0 Å². The Morgan fingerprint density at radius 2 is 1.87 bits per heavy atom. The van der Waals surface area contributed by atoms with Crippen LogP contribution in [0.5, 0.6) is 0 Å². The van der Waals surface area contributed by atoms with E-state index in [4.69, 9.17) is 16.0 Å². The standard InChI is InChI=1S/C24H24ClNO4/c1-3-20-19(24(28)29)5-4-12-26(20)23(27)22-14(2)18-11-8-16(13-21(18)30-22)15-6-9-17(25)10-7-15/h6-11,13,19-20H,3-5,12H2,1-2H3,(H,28,29). The lowest BCUT2D eigenvalue weighted by molar-refractivity contribution is -0.145. The lowest BCUT2D eigenvalue weighted by atomic mass is 9.87. The highest BCUT2D eigenvalue weighted by atomic mass is 35.5. The summed E-state index contributed by atoms with van der Waals surface area (Å²) in [5.74, 6) is -1.31. The van der Waals surface area contributed by atoms with Crippen LogP contribution in [0.4, 0.5) is 0 Å². The number of carboxylic acid groups (broad SMARTS) is 1. The zero-order valence-electron chi connectivity index (χ0n) is 17.0. The highest BCUT2D eigenvalue weighted by molar-refractivity contribution is 6.30. The summed E-state index contributed by atoms with van der Waals surface area (Å²) in [6, 6.07) is 13.1. The summed E-state index contributed by atoms with van der Waals surface area (Å²) in [7, 11) is 0. The van der Waals surface area contributed by atoms with Crippen LogP contribution < -0.4 is 0 Å². The summed E-state index contributed by atoms with van der Waals surface area (Å²) in [5, 5.41) is 11.1. The van der Waals surface area contributed by atoms with Gasteiger partial charge in [0.2, 0.25) is 0 Å². The number of nitrogens with zero attached hydrogens (tertiary/aromatic N) is 1. The van der Waals surface area contributed by atoms with E-state index in [0.717, 1.165) is 22.1 Å². The zero-order chi connectivity index (χ0) is 21.4. The molecular formula is C24H24ClNO4. The number of hydrogen-bond donors (Lipinski definition) is 1. The lowest BCUT2D eigenvalue weighted by Gasteiger charge is -2.38. The van der Waals surface area contributed by atoms with Gasteiger partial charge in [-0.25, -0.2) is 0 Å². The number of benzene rings is 2. The molecule has 1 N–H and O–H groups in total. The number of carbonyl (C=O) groups excluding carboxylic acids is 1. The summed E-state index contributed by atoms with van der Waals surface area (Å²) < 4.78 is 6.02. The van der Waals surface area contributed by atoms with E-state index in [-0.39, 0.29) is 11.9 Å². The molecule has 0 spiro atoms. The van der Waals surface area contributed by atoms with Crippen LogP contribution >= 0.6 is 11.6 Å². The fraction of sp³-hybridized carbons (Fsp3) is 0.333. The van der Waals surface area contributed by atoms with Crippen LogP contribution in [0.1, 0.15) is 42.3 Å². The maximum absolute atomic E-state index is 13.3. The van der Waals surface area contributed by atoms with Gasteiger partial charge in [-0.1, -0.05) is 42.8 Å². The monoisotopic (exact) mass is 425 g/mol. The van der Waals surface area contributed by atoms with Crippen LogP contribution in [0.25, 0.3) is 22.1 Å². The molecule has 1 aliphatic rings. The van der Waals surface area contributed by atoms with Crippen molar-refractivity contribution in [2.24, 2.45) is 5.92 Å². The van der Waals surface area contributed by atoms with Crippen molar-refractivity contribution in [2.75, 3.05) is 6.54 Å². The first-order chi connectivity index (χ1) is 14.4. The van der Waals surface area contributed by atoms with Crippen molar-refractivity contribution < 1.29 is 19.1 Å². The quantitative estimate of drug-likeness (QED) is 0.575. The van der Waals surface area contributed by atoms with Crippen LogP contribution in [0.2, 0.25) is 5.02 Å². The molecule has 5 nitrogen and oxygen atoms in total. The van der Waals surface area contributed by atoms with Gasteiger partial charge in [0, 0.05) is 28.6 Å². The molecule has 1 amide bonds. The van der Waals surface area contributed by atoms with Gasteiger partial charge < -0.3 is 14.4 Å². The molecule has 2 heterocycles. The molecule has 2 aromatic carbocycles. The molecule has 6 heteroatoms. The Morgan fingerprint density at radius 3 is 2.53 bits per heavy atom. The SMILES string of the molecule is CCC1C(C(=O)O)CCCN1C(=O)c1oc2cc(-c3ccc(Cl)cc3)ccc2c1C. The average molecular weight is 426 g/mol. The van der Waals surface area contributed by atoms with Gasteiger partial charge in [-0.05, 0) is 55.5 Å². The minimum Gasteiger partial charge on any atom is -0.481 e. The minimum atomic E-state index is -0.840. The molecule has 0 bridgehead atoms. The van der Waals surface area contributed by atoms with E-state index in [0.29, 0.717) is 42.2 Å². The van der Waals surface area contributed by atoms with E-state index in [9.17, 15) is 14.7 Å². The predicted octanol–water partition coefficient (Wildman–Crippen LogP) is 5.78. The highest BCUT2D eigenvalue weighted by Crippen LogP contribution is 2.33. The first-order valence-electron chi connectivity index (χ1n) is 10.2. The lowest BCUT2D eigenvalue weighted by Crippen LogP contribution is -2.50. The Morgan fingerprint density at radius 1 is 1.17 bits per heavy atom. The Bertz CT molecular complexity index is 1100. The number of piperidine rings is 1. The molecule has 2 atom stereocenters. The normalized spacial score (nSPS) is 19.2. The summed E-state index contributed by atoms with van der Waals surface area (Å²) in [6.07, 6.45) is 1.88. The van der Waals surface area contributed by atoms with Crippen molar-refractivity contribution in [3.8, 4) is 11.1 Å². The van der Waals surface area contributed by atoms with Crippen molar-refractivity contribution >= 4 is 34.4 Å². The number of fused-ring (bicyclic) bond motifs is 1. The van der Waals surface area contributed by atoms with Gasteiger partial charge >= 0.3 is 5.97 Å². The van der Waals surface area contributed by atoms with E-state index in [1.807, 2.05) is 56.3 Å². The van der Waals surface area contributed by atoms with E-state index in [2.05, 4.69) is 0 Å². The molecule has 3 aromatic rings. The van der Waals surface area contributed by atoms with E-state index in [1.165, 1.54) is 0 Å². The number of rotatable bonds is 4. The number of aryl methyl sites for hydroxylation is 1. The predicted molar refractivity (Wildman–Crippen MR) is 117 cm³/mol. The fourth-order valence-electron chi connectivity index (χ4n) is 4.48. The Labute approximate surface area is 180 Å². The number of carbonyl (C=O) groups is 2. The van der Waals surface area contributed by atoms with E-state index in [1.54, 1.807) is 4.90 Å². The summed E-state index contributed by atoms with van der Waals surface area (Å²) in [6.45, 7) is 4.35. The van der Waals surface area contributed by atoms with Crippen LogP contribution in [0.15, 0.2) is 46.9 Å². The van der Waals surface area contributed by atoms with E-state index < -0.39 is 11.9 Å². The third-order valence-corrected chi connectivity index (χ3v) is 6.34. The number of furan rings is 1. The van der Waals surface area contributed by atoms with Crippen molar-refractivity contribution in [1.29, 1.82) is 0 Å². The van der Waals surface area contributed by atoms with Crippen molar-refractivity contribution in [3.05, 3.63) is 58.8 Å². The third kappa shape index (κ3) is 3.58. The Kier molecular flexibility index (Phi) is 5.56. The van der Waals surface area contributed by atoms with E-state index >= 15 is 0 Å². The molecule has 0 radical (unpaired) electrons. The topological polar surface area (TPSA) is 70.8 Å². The number of aliphatic carboxylic acids is 1. The molecule has 4 rings (SSSR count). The smallest absolute Gasteiger partial charge is 0.308 e. The molecule has 30 heavy (non-hydrogen) atoms. The van der Waals surface area contributed by atoms with Gasteiger partial charge in [0.05, 0.1) is 5.92 Å². The zero-order valence-corrected chi connectivity index (χ0v) is 17.8. The molecule has 1 aromatic heterocycles. The second-order valence-corrected chi connectivity index (χ2v) is 8.27. The van der Waals surface area contributed by atoms with Crippen molar-refractivity contribution in [1.82, 2.24) is 4.90 Å². The van der Waals surface area contributed by atoms with Gasteiger partial charge in [-0.15, -0.1) is 0 Å². The summed E-state index contributed by atoms with van der Waals surface area (Å²) >= 11 is 5.98. The van der Waals surface area contributed by atoms with Crippen molar-refractivity contribution in [2.45, 2.75) is 39.2 Å². The third-order valence-electron chi connectivity index (χ3n) is 6.09. The first-order valence-corrected chi connectivity index (χ1v) is 10.6. The molecule has 2 unspecified atom stereocenters. The maximum atomic E-state index is 13.3. The molecule has 156 valence electrons. The molecule has 1 fully saturated rings. The van der Waals surface area contributed by atoms with Gasteiger partial charge in [0.15, 0.2) is 5.76 Å². The highest BCUT2D eigenvalue weighted by Gasteiger charge is 2.38. The van der Waals surface area contributed by atoms with Crippen LogP contribution in [0.3, 0.4) is 0 Å². The van der Waals surface area contributed by atoms with Crippen LogP contribution in [0, 0.1) is 12.8 Å². The summed E-state index contributed by atoms with van der Waals surface area (Å²) in [4.78, 5) is 26.7. The number of hydrogen-bond acceptors (Lipinski definition) is 3. The molecular weight excluding hydrogens is 402 g/mol. The first kappa shape index (κ1) is 20.5. The maximum Gasteiger partial charge on any atom is 0.308 e. The molecule has 1 saturated heterocycles. The molecule has 1 aliphatic heterocycles. The minimum absolute atomic E-state index is 0.227. The van der Waals surface area contributed by atoms with Gasteiger partial charge in [0.25, 0.3) is 5.91 Å². The average Bonchev–Trinajstić information content (AvgIpc) is 3.08. The van der Waals surface area contributed by atoms with Crippen LogP contribution in [-0.2, 0) is 4.79 Å². The largest absolute Gasteiger partial charge is 0.481 e.